The molecule has 0 aromatic heterocycles. The Morgan fingerprint density at radius 1 is 1.20 bits per heavy atom. The first-order valence-electron chi connectivity index (χ1n) is 8.22. The van der Waals surface area contributed by atoms with Crippen LogP contribution in [-0.4, -0.2) is 49.0 Å². The highest BCUT2D eigenvalue weighted by atomic mass is 127. The highest BCUT2D eigenvalue weighted by Crippen LogP contribution is 2.46. The van der Waals surface area contributed by atoms with E-state index in [1.165, 1.54) is 12.1 Å². The Kier molecular flexibility index (Phi) is 7.22. The molecular weight excluding hydrogens is 434 g/mol. The van der Waals surface area contributed by atoms with E-state index in [9.17, 15) is 9.18 Å². The van der Waals surface area contributed by atoms with E-state index in [0.29, 0.717) is 13.1 Å². The molecule has 1 aromatic carbocycles. The number of amides is 1. The van der Waals surface area contributed by atoms with E-state index in [-0.39, 0.29) is 40.5 Å². The molecule has 1 aromatic rings. The van der Waals surface area contributed by atoms with Crippen molar-refractivity contribution in [3.63, 3.8) is 0 Å². The van der Waals surface area contributed by atoms with Crippen LogP contribution in [0.2, 0.25) is 0 Å². The van der Waals surface area contributed by atoms with Gasteiger partial charge < -0.3 is 15.5 Å². The number of rotatable bonds is 4. The van der Waals surface area contributed by atoms with Gasteiger partial charge in [0.1, 0.15) is 5.82 Å². The molecule has 0 unspecified atom stereocenters. The van der Waals surface area contributed by atoms with E-state index >= 15 is 0 Å². The van der Waals surface area contributed by atoms with Gasteiger partial charge in [-0.15, -0.1) is 24.0 Å². The van der Waals surface area contributed by atoms with Crippen molar-refractivity contribution >= 4 is 35.8 Å². The zero-order valence-corrected chi connectivity index (χ0v) is 17.8. The average Bonchev–Trinajstić information content (AvgIpc) is 2.53. The van der Waals surface area contributed by atoms with Crippen molar-refractivity contribution in [3.8, 4) is 0 Å². The Morgan fingerprint density at radius 2 is 1.80 bits per heavy atom. The molecule has 0 radical (unpaired) electrons. The number of aliphatic imine (C=N–C) groups is 1. The van der Waals surface area contributed by atoms with E-state index < -0.39 is 11.7 Å². The van der Waals surface area contributed by atoms with Crippen LogP contribution in [0.15, 0.2) is 29.3 Å². The van der Waals surface area contributed by atoms with Crippen LogP contribution in [0.5, 0.6) is 0 Å². The van der Waals surface area contributed by atoms with Crippen molar-refractivity contribution in [1.82, 2.24) is 15.5 Å². The maximum Gasteiger partial charge on any atom is 0.254 e. The van der Waals surface area contributed by atoms with Gasteiger partial charge in [-0.05, 0) is 26.0 Å². The predicted molar refractivity (Wildman–Crippen MR) is 110 cm³/mol. The molecule has 0 atom stereocenters. The molecule has 2 N–H and O–H groups in total. The maximum absolute atomic E-state index is 13.5. The minimum atomic E-state index is -0.511. The van der Waals surface area contributed by atoms with Crippen LogP contribution in [0.4, 0.5) is 4.39 Å². The third-order valence-corrected chi connectivity index (χ3v) is 5.16. The molecule has 7 heteroatoms. The zero-order chi connectivity index (χ0) is 18.0. The first kappa shape index (κ1) is 21.7. The fraction of sp³-hybridized carbons (Fsp3) is 0.556. The van der Waals surface area contributed by atoms with E-state index in [4.69, 9.17) is 0 Å². The van der Waals surface area contributed by atoms with Crippen molar-refractivity contribution in [2.75, 3.05) is 26.7 Å². The summed E-state index contributed by atoms with van der Waals surface area (Å²) in [5, 5.41) is 5.97. The highest BCUT2D eigenvalue weighted by Gasteiger charge is 2.53. The number of likely N-dealkylation sites (tertiary alicyclic amines) is 1. The molecule has 1 heterocycles. The molecule has 1 aliphatic rings. The lowest BCUT2D eigenvalue weighted by atomic mass is 9.65. The molecule has 5 nitrogen and oxygen atoms in total. The minimum absolute atomic E-state index is 0. The molecular formula is C18H28FIN4O. The van der Waals surface area contributed by atoms with E-state index in [1.54, 1.807) is 19.2 Å². The van der Waals surface area contributed by atoms with Crippen molar-refractivity contribution in [1.29, 1.82) is 0 Å². The number of benzene rings is 1. The quantitative estimate of drug-likeness (QED) is 0.313. The van der Waals surface area contributed by atoms with Crippen LogP contribution in [0.3, 0.4) is 0 Å². The number of hydrogen-bond acceptors (Lipinski definition) is 2. The van der Waals surface area contributed by atoms with Crippen molar-refractivity contribution in [3.05, 3.63) is 35.6 Å². The van der Waals surface area contributed by atoms with Crippen molar-refractivity contribution in [2.45, 2.75) is 33.2 Å². The summed E-state index contributed by atoms with van der Waals surface area (Å²) >= 11 is 0. The Labute approximate surface area is 166 Å². The second-order valence-electron chi connectivity index (χ2n) is 7.24. The smallest absolute Gasteiger partial charge is 0.254 e. The molecule has 25 heavy (non-hydrogen) atoms. The summed E-state index contributed by atoms with van der Waals surface area (Å²) in [6, 6.07) is 5.96. The lowest BCUT2D eigenvalue weighted by Crippen LogP contribution is -2.72. The molecule has 0 saturated carbocycles. The highest BCUT2D eigenvalue weighted by molar-refractivity contribution is 14.0. The number of hydrogen-bond donors (Lipinski definition) is 2. The largest absolute Gasteiger partial charge is 0.354 e. The summed E-state index contributed by atoms with van der Waals surface area (Å²) in [5.41, 5.74) is 0.307. The van der Waals surface area contributed by atoms with E-state index in [0.717, 1.165) is 12.5 Å². The molecule has 0 aliphatic carbocycles. The standard InChI is InChI=1S/C18H27FN4O.HI/c1-17(2)12-23(18(17,3)4)16(20-5)22-11-10-21-15(24)13-8-6-7-9-14(13)19;/h6-9H,10-12H2,1-5H3,(H,20,22)(H,21,24);1H. The normalized spacial score (nSPS) is 18.0. The van der Waals surface area contributed by atoms with Crippen LogP contribution in [-0.2, 0) is 0 Å². The van der Waals surface area contributed by atoms with Gasteiger partial charge >= 0.3 is 0 Å². The lowest BCUT2D eigenvalue weighted by molar-refractivity contribution is -0.0666. The molecule has 1 aliphatic heterocycles. The zero-order valence-electron chi connectivity index (χ0n) is 15.5. The molecule has 140 valence electrons. The number of carbonyl (C=O) groups is 1. The summed E-state index contributed by atoms with van der Waals surface area (Å²) in [4.78, 5) is 18.5. The fourth-order valence-corrected chi connectivity index (χ4v) is 2.79. The second kappa shape index (κ2) is 8.33. The van der Waals surface area contributed by atoms with Gasteiger partial charge in [-0.25, -0.2) is 4.39 Å². The summed E-state index contributed by atoms with van der Waals surface area (Å²) in [5.74, 6) is -0.0990. The van der Waals surface area contributed by atoms with Gasteiger partial charge in [-0.1, -0.05) is 26.0 Å². The molecule has 1 fully saturated rings. The van der Waals surface area contributed by atoms with Crippen LogP contribution in [0, 0.1) is 11.2 Å². The fourth-order valence-electron chi connectivity index (χ4n) is 2.79. The van der Waals surface area contributed by atoms with Gasteiger partial charge in [0.2, 0.25) is 0 Å². The van der Waals surface area contributed by atoms with Gasteiger partial charge in [0.15, 0.2) is 5.96 Å². The van der Waals surface area contributed by atoms with E-state index in [1.807, 2.05) is 0 Å². The maximum atomic E-state index is 13.5. The molecule has 2 rings (SSSR count). The van der Waals surface area contributed by atoms with Crippen LogP contribution >= 0.6 is 24.0 Å². The SMILES string of the molecule is CN=C(NCCNC(=O)c1ccccc1F)N1CC(C)(C)C1(C)C.I. The molecule has 1 saturated heterocycles. The monoisotopic (exact) mass is 462 g/mol. The van der Waals surface area contributed by atoms with Gasteiger partial charge in [-0.2, -0.15) is 0 Å². The predicted octanol–water partition coefficient (Wildman–Crippen LogP) is 2.87. The van der Waals surface area contributed by atoms with Gasteiger partial charge in [-0.3, -0.25) is 9.79 Å². The van der Waals surface area contributed by atoms with Crippen molar-refractivity contribution < 1.29 is 9.18 Å². The van der Waals surface area contributed by atoms with E-state index in [2.05, 4.69) is 48.2 Å². The van der Waals surface area contributed by atoms with Crippen LogP contribution in [0.1, 0.15) is 38.1 Å². The van der Waals surface area contributed by atoms with Gasteiger partial charge in [0.05, 0.1) is 5.56 Å². The van der Waals surface area contributed by atoms with Gasteiger partial charge in [0.25, 0.3) is 5.91 Å². The second-order valence-corrected chi connectivity index (χ2v) is 7.24. The van der Waals surface area contributed by atoms with Crippen LogP contribution in [0.25, 0.3) is 0 Å². The number of carbonyl (C=O) groups excluding carboxylic acids is 1. The summed E-state index contributed by atoms with van der Waals surface area (Å²) < 4.78 is 13.5. The summed E-state index contributed by atoms with van der Waals surface area (Å²) in [7, 11) is 1.75. The number of nitrogens with one attached hydrogen (secondary N) is 2. The molecule has 0 bridgehead atoms. The third kappa shape index (κ3) is 4.43. The minimum Gasteiger partial charge on any atom is -0.354 e. The van der Waals surface area contributed by atoms with Crippen LogP contribution < -0.4 is 10.6 Å². The topological polar surface area (TPSA) is 56.7 Å². The number of guanidine groups is 1. The first-order chi connectivity index (χ1) is 11.2. The number of halogens is 2. The third-order valence-electron chi connectivity index (χ3n) is 5.16. The Bertz CT molecular complexity index is 646. The van der Waals surface area contributed by atoms with Crippen molar-refractivity contribution in [2.24, 2.45) is 10.4 Å². The Balaban J connectivity index is 0.00000312. The first-order valence-corrected chi connectivity index (χ1v) is 8.22. The summed E-state index contributed by atoms with van der Waals surface area (Å²) in [6.07, 6.45) is 0. The lowest BCUT2D eigenvalue weighted by Gasteiger charge is -2.62. The molecule has 1 amide bonds. The van der Waals surface area contributed by atoms with Gasteiger partial charge in [0, 0.05) is 37.6 Å². The number of nitrogens with zero attached hydrogens (tertiary/aromatic N) is 2. The molecule has 0 spiro atoms. The Hall–Kier alpha value is -1.38. The Morgan fingerprint density at radius 3 is 2.32 bits per heavy atom. The average molecular weight is 462 g/mol. The summed E-state index contributed by atoms with van der Waals surface area (Å²) in [6.45, 7) is 10.7.